The third-order valence-corrected chi connectivity index (χ3v) is 2.59. The number of hydrogen-bond acceptors (Lipinski definition) is 4. The number of methoxy groups -OCH3 is 1. The van der Waals surface area contributed by atoms with E-state index in [0.717, 1.165) is 12.0 Å². The largest absolute Gasteiger partial charge is 0.497 e. The lowest BCUT2D eigenvalue weighted by molar-refractivity contribution is -0.145. The van der Waals surface area contributed by atoms with Gasteiger partial charge in [0.05, 0.1) is 7.11 Å². The summed E-state index contributed by atoms with van der Waals surface area (Å²) in [5, 5.41) is 9.07. The lowest BCUT2D eigenvalue weighted by Crippen LogP contribution is -2.27. The van der Waals surface area contributed by atoms with Gasteiger partial charge in [-0.05, 0) is 12.5 Å². The Bertz CT molecular complexity index is 406. The molecule has 1 unspecified atom stereocenters. The molecule has 3 N–H and O–H groups in total. The number of hydrogen-bond donors (Lipinski definition) is 2. The summed E-state index contributed by atoms with van der Waals surface area (Å²) in [7, 11) is 1.54. The molecule has 0 spiro atoms. The quantitative estimate of drug-likeness (QED) is 0.774. The van der Waals surface area contributed by atoms with Crippen LogP contribution in [-0.4, -0.2) is 24.3 Å². The molecule has 1 aromatic rings. The van der Waals surface area contributed by atoms with Gasteiger partial charge in [-0.25, -0.2) is 4.79 Å². The van der Waals surface area contributed by atoms with Gasteiger partial charge in [-0.2, -0.15) is 0 Å². The molecule has 0 amide bonds. The van der Waals surface area contributed by atoms with E-state index in [4.69, 9.17) is 20.3 Å². The van der Waals surface area contributed by atoms with Crippen molar-refractivity contribution in [2.45, 2.75) is 32.4 Å². The molecule has 5 heteroatoms. The molecule has 0 aromatic heterocycles. The topological polar surface area (TPSA) is 81.8 Å². The van der Waals surface area contributed by atoms with Crippen LogP contribution >= 0.6 is 0 Å². The Kier molecular flexibility index (Phi) is 5.45. The Balaban J connectivity index is 2.95. The minimum Gasteiger partial charge on any atom is -0.497 e. The van der Waals surface area contributed by atoms with Crippen LogP contribution < -0.4 is 15.2 Å². The van der Waals surface area contributed by atoms with Crippen LogP contribution in [0, 0.1) is 0 Å². The first-order chi connectivity index (χ1) is 8.62. The molecule has 0 saturated heterocycles. The molecule has 0 saturated carbocycles. The number of benzene rings is 1. The number of nitrogens with two attached hydrogens (primary N) is 1. The fourth-order valence-electron chi connectivity index (χ4n) is 1.59. The zero-order chi connectivity index (χ0) is 13.5. The number of ether oxygens (including phenoxy) is 2. The molecular weight excluding hydrogens is 234 g/mol. The van der Waals surface area contributed by atoms with Crippen molar-refractivity contribution >= 4 is 5.97 Å². The maximum absolute atomic E-state index is 11.1. The molecular formula is C13H19NO4. The highest BCUT2D eigenvalue weighted by atomic mass is 16.5. The third kappa shape index (κ3) is 3.63. The van der Waals surface area contributed by atoms with E-state index in [0.29, 0.717) is 17.9 Å². The highest BCUT2D eigenvalue weighted by molar-refractivity contribution is 5.72. The standard InChI is InChI=1S/C13H19NO4/c1-3-4-11(13(15)16)18-12-7-10(17-2)6-5-9(12)8-14/h5-7,11H,3-4,8,14H2,1-2H3,(H,15,16). The number of carboxylic acids is 1. The summed E-state index contributed by atoms with van der Waals surface area (Å²) in [5.41, 5.74) is 6.36. The van der Waals surface area contributed by atoms with Gasteiger partial charge in [0.1, 0.15) is 11.5 Å². The lowest BCUT2D eigenvalue weighted by atomic mass is 10.1. The van der Waals surface area contributed by atoms with Crippen LogP contribution in [0.2, 0.25) is 0 Å². The van der Waals surface area contributed by atoms with Crippen LogP contribution in [-0.2, 0) is 11.3 Å². The molecule has 0 radical (unpaired) electrons. The van der Waals surface area contributed by atoms with Gasteiger partial charge in [0.2, 0.25) is 0 Å². The van der Waals surface area contributed by atoms with E-state index >= 15 is 0 Å². The van der Waals surface area contributed by atoms with Crippen molar-refractivity contribution in [1.29, 1.82) is 0 Å². The highest BCUT2D eigenvalue weighted by Gasteiger charge is 2.19. The second-order valence-corrected chi connectivity index (χ2v) is 3.91. The fourth-order valence-corrected chi connectivity index (χ4v) is 1.59. The first-order valence-corrected chi connectivity index (χ1v) is 5.88. The van der Waals surface area contributed by atoms with Crippen molar-refractivity contribution in [3.8, 4) is 11.5 Å². The van der Waals surface area contributed by atoms with Crippen LogP contribution in [0.15, 0.2) is 18.2 Å². The summed E-state index contributed by atoms with van der Waals surface area (Å²) in [6.07, 6.45) is 0.336. The van der Waals surface area contributed by atoms with E-state index in [9.17, 15) is 4.79 Å². The minimum atomic E-state index is -0.970. The molecule has 100 valence electrons. The van der Waals surface area contributed by atoms with E-state index in [1.807, 2.05) is 6.92 Å². The summed E-state index contributed by atoms with van der Waals surface area (Å²) in [6.45, 7) is 2.20. The lowest BCUT2D eigenvalue weighted by Gasteiger charge is -2.17. The molecule has 18 heavy (non-hydrogen) atoms. The van der Waals surface area contributed by atoms with Crippen molar-refractivity contribution in [3.05, 3.63) is 23.8 Å². The summed E-state index contributed by atoms with van der Waals surface area (Å²) in [4.78, 5) is 11.1. The Morgan fingerprint density at radius 1 is 1.50 bits per heavy atom. The van der Waals surface area contributed by atoms with E-state index in [2.05, 4.69) is 0 Å². The van der Waals surface area contributed by atoms with Crippen molar-refractivity contribution < 1.29 is 19.4 Å². The zero-order valence-corrected chi connectivity index (χ0v) is 10.7. The normalized spacial score (nSPS) is 11.9. The van der Waals surface area contributed by atoms with Gasteiger partial charge in [0, 0.05) is 18.2 Å². The molecule has 1 atom stereocenters. The van der Waals surface area contributed by atoms with Crippen LogP contribution in [0.4, 0.5) is 0 Å². The maximum atomic E-state index is 11.1. The molecule has 0 fully saturated rings. The van der Waals surface area contributed by atoms with Gasteiger partial charge in [-0.15, -0.1) is 0 Å². The van der Waals surface area contributed by atoms with Crippen LogP contribution in [0.5, 0.6) is 11.5 Å². The molecule has 0 heterocycles. The summed E-state index contributed by atoms with van der Waals surface area (Å²) < 4.78 is 10.6. The van der Waals surface area contributed by atoms with Gasteiger partial charge in [-0.3, -0.25) is 0 Å². The third-order valence-electron chi connectivity index (χ3n) is 2.59. The second-order valence-electron chi connectivity index (χ2n) is 3.91. The Labute approximate surface area is 107 Å². The van der Waals surface area contributed by atoms with Gasteiger partial charge >= 0.3 is 5.97 Å². The second kappa shape index (κ2) is 6.86. The monoisotopic (exact) mass is 253 g/mol. The fraction of sp³-hybridized carbons (Fsp3) is 0.462. The van der Waals surface area contributed by atoms with Crippen LogP contribution in [0.1, 0.15) is 25.3 Å². The predicted octanol–water partition coefficient (Wildman–Crippen LogP) is 1.79. The van der Waals surface area contributed by atoms with Crippen molar-refractivity contribution in [2.24, 2.45) is 5.73 Å². The first-order valence-electron chi connectivity index (χ1n) is 5.88. The summed E-state index contributed by atoms with van der Waals surface area (Å²) in [6, 6.07) is 5.21. The summed E-state index contributed by atoms with van der Waals surface area (Å²) in [5.74, 6) is 0.114. The van der Waals surface area contributed by atoms with Gasteiger partial charge < -0.3 is 20.3 Å². The van der Waals surface area contributed by atoms with E-state index in [1.165, 1.54) is 0 Å². The SMILES string of the molecule is CCCC(Oc1cc(OC)ccc1CN)C(=O)O. The van der Waals surface area contributed by atoms with E-state index in [-0.39, 0.29) is 6.54 Å². The predicted molar refractivity (Wildman–Crippen MR) is 67.8 cm³/mol. The average Bonchev–Trinajstić information content (AvgIpc) is 2.37. The highest BCUT2D eigenvalue weighted by Crippen LogP contribution is 2.26. The number of aliphatic carboxylic acids is 1. The minimum absolute atomic E-state index is 0.289. The molecule has 0 aliphatic rings. The molecule has 5 nitrogen and oxygen atoms in total. The van der Waals surface area contributed by atoms with Crippen LogP contribution in [0.3, 0.4) is 0 Å². The molecule has 1 aromatic carbocycles. The molecule has 0 aliphatic carbocycles. The number of rotatable bonds is 7. The average molecular weight is 253 g/mol. The van der Waals surface area contributed by atoms with Crippen LogP contribution in [0.25, 0.3) is 0 Å². The molecule has 1 rings (SSSR count). The molecule has 0 bridgehead atoms. The summed E-state index contributed by atoms with van der Waals surface area (Å²) >= 11 is 0. The van der Waals surface area contributed by atoms with E-state index < -0.39 is 12.1 Å². The number of carboxylic acid groups (broad SMARTS) is 1. The zero-order valence-electron chi connectivity index (χ0n) is 10.7. The first kappa shape index (κ1) is 14.3. The molecule has 0 aliphatic heterocycles. The smallest absolute Gasteiger partial charge is 0.344 e. The maximum Gasteiger partial charge on any atom is 0.344 e. The van der Waals surface area contributed by atoms with E-state index in [1.54, 1.807) is 25.3 Å². The van der Waals surface area contributed by atoms with Gasteiger partial charge in [0.25, 0.3) is 0 Å². The van der Waals surface area contributed by atoms with Crippen molar-refractivity contribution in [1.82, 2.24) is 0 Å². The van der Waals surface area contributed by atoms with Gasteiger partial charge in [0.15, 0.2) is 6.10 Å². The van der Waals surface area contributed by atoms with Crippen molar-refractivity contribution in [2.75, 3.05) is 7.11 Å². The number of carbonyl (C=O) groups is 1. The Hall–Kier alpha value is -1.75. The van der Waals surface area contributed by atoms with Crippen molar-refractivity contribution in [3.63, 3.8) is 0 Å². The van der Waals surface area contributed by atoms with Gasteiger partial charge in [-0.1, -0.05) is 19.4 Å². The Morgan fingerprint density at radius 3 is 2.72 bits per heavy atom. The Morgan fingerprint density at radius 2 is 2.22 bits per heavy atom.